The van der Waals surface area contributed by atoms with E-state index >= 15 is 0 Å². The second kappa shape index (κ2) is 3.82. The molecule has 0 saturated heterocycles. The van der Waals surface area contributed by atoms with E-state index in [0.717, 1.165) is 0 Å². The molecule has 2 nitrogen and oxygen atoms in total. The molecule has 1 unspecified atom stereocenters. The zero-order valence-electron chi connectivity index (χ0n) is 5.06. The van der Waals surface area contributed by atoms with Crippen molar-refractivity contribution in [1.29, 1.82) is 0 Å². The fraction of sp³-hybridized carbons (Fsp3) is 0.200. The molecule has 1 heterocycles. The van der Waals surface area contributed by atoms with E-state index < -0.39 is 4.18 Å². The molecule has 0 aliphatic rings. The van der Waals surface area contributed by atoms with Crippen molar-refractivity contribution in [3.8, 4) is 0 Å². The first-order valence-electron chi connectivity index (χ1n) is 2.57. The molecule has 1 atom stereocenters. The van der Waals surface area contributed by atoms with Crippen LogP contribution in [-0.4, -0.2) is 9.97 Å². The number of aromatic nitrogens is 2. The third-order valence-corrected chi connectivity index (χ3v) is 2.33. The van der Waals surface area contributed by atoms with Gasteiger partial charge in [0.15, 0.2) is 9.33 Å². The molecule has 0 saturated carbocycles. The third kappa shape index (κ3) is 2.13. The molecule has 1 aromatic heterocycles. The van der Waals surface area contributed by atoms with Gasteiger partial charge in [0.2, 0.25) is 0 Å². The Balaban J connectivity index is 3.17. The Morgan fingerprint density at radius 2 is 2.09 bits per heavy atom. The van der Waals surface area contributed by atoms with E-state index in [9.17, 15) is 4.39 Å². The topological polar surface area (TPSA) is 25.8 Å². The zero-order chi connectivity index (χ0) is 8.43. The first kappa shape index (κ1) is 9.41. The monoisotopic (exact) mass is 306 g/mol. The molecule has 6 heteroatoms. The lowest BCUT2D eigenvalue weighted by molar-refractivity contribution is 0.481. The van der Waals surface area contributed by atoms with Crippen LogP contribution in [0.25, 0.3) is 0 Å². The van der Waals surface area contributed by atoms with Crippen LogP contribution in [0, 0.1) is 0 Å². The van der Waals surface area contributed by atoms with Crippen LogP contribution in [0.2, 0.25) is 10.2 Å². The summed E-state index contributed by atoms with van der Waals surface area (Å²) >= 11 is 12.6. The van der Waals surface area contributed by atoms with E-state index in [1.54, 1.807) is 22.6 Å². The molecule has 0 spiro atoms. The molecule has 0 aromatic carbocycles. The van der Waals surface area contributed by atoms with Gasteiger partial charge in [0.05, 0.1) is 0 Å². The Morgan fingerprint density at radius 1 is 1.45 bits per heavy atom. The number of rotatable bonds is 1. The lowest BCUT2D eigenvalue weighted by Gasteiger charge is -2.01. The minimum absolute atomic E-state index is 0.0796. The molecule has 0 N–H and O–H groups in total. The number of halogens is 4. The molecule has 0 amide bonds. The highest BCUT2D eigenvalue weighted by molar-refractivity contribution is 14.1. The molecule has 0 radical (unpaired) electrons. The summed E-state index contributed by atoms with van der Waals surface area (Å²) in [6.07, 6.45) is 1.18. The first-order chi connectivity index (χ1) is 5.13. The fourth-order valence-corrected chi connectivity index (χ4v) is 1.50. The summed E-state index contributed by atoms with van der Waals surface area (Å²) < 4.78 is 11.4. The quantitative estimate of drug-likeness (QED) is 0.452. The van der Waals surface area contributed by atoms with Crippen LogP contribution in [0.3, 0.4) is 0 Å². The molecule has 0 bridgehead atoms. The Labute approximate surface area is 86.3 Å². The summed E-state index contributed by atoms with van der Waals surface area (Å²) in [5.74, 6) is 0. The summed E-state index contributed by atoms with van der Waals surface area (Å²) in [5.41, 5.74) is 0.118. The molecule has 1 aromatic rings. The minimum Gasteiger partial charge on any atom is -0.236 e. The van der Waals surface area contributed by atoms with Gasteiger partial charge in [0.25, 0.3) is 0 Å². The van der Waals surface area contributed by atoms with E-state index in [4.69, 9.17) is 23.2 Å². The van der Waals surface area contributed by atoms with Gasteiger partial charge in [-0.05, 0) is 22.6 Å². The molecule has 60 valence electrons. The summed E-state index contributed by atoms with van der Waals surface area (Å²) in [5, 5.41) is 0.159. The van der Waals surface area contributed by atoms with Crippen LogP contribution in [0.4, 0.5) is 4.39 Å². The predicted molar refractivity (Wildman–Crippen MR) is 49.9 cm³/mol. The zero-order valence-corrected chi connectivity index (χ0v) is 8.73. The van der Waals surface area contributed by atoms with E-state index in [-0.39, 0.29) is 15.9 Å². The molecule has 0 fully saturated rings. The molecular weight excluding hydrogens is 305 g/mol. The number of nitrogens with zero attached hydrogens (tertiary/aromatic N) is 2. The van der Waals surface area contributed by atoms with Crippen molar-refractivity contribution in [3.63, 3.8) is 0 Å². The first-order valence-corrected chi connectivity index (χ1v) is 4.57. The lowest BCUT2D eigenvalue weighted by Crippen LogP contribution is -1.91. The van der Waals surface area contributed by atoms with Crippen molar-refractivity contribution in [2.75, 3.05) is 0 Å². The fourth-order valence-electron chi connectivity index (χ4n) is 0.513. The van der Waals surface area contributed by atoms with Gasteiger partial charge in [0, 0.05) is 0 Å². The average Bonchev–Trinajstić information content (AvgIpc) is 1.94. The highest BCUT2D eigenvalue weighted by atomic mass is 127. The Hall–Kier alpha value is 0.320. The van der Waals surface area contributed by atoms with Crippen molar-refractivity contribution < 1.29 is 4.39 Å². The second-order valence-corrected chi connectivity index (χ2v) is 3.49. The van der Waals surface area contributed by atoms with Crippen molar-refractivity contribution in [1.82, 2.24) is 9.97 Å². The van der Waals surface area contributed by atoms with E-state index in [0.29, 0.717) is 0 Å². The molecule has 11 heavy (non-hydrogen) atoms. The minimum atomic E-state index is -1.25. The van der Waals surface area contributed by atoms with Gasteiger partial charge in [0.1, 0.15) is 17.0 Å². The second-order valence-electron chi connectivity index (χ2n) is 1.66. The van der Waals surface area contributed by atoms with Crippen LogP contribution in [0.5, 0.6) is 0 Å². The predicted octanol–water partition coefficient (Wildman–Crippen LogP) is 3.19. The number of hydrogen-bond donors (Lipinski definition) is 0. The van der Waals surface area contributed by atoms with E-state index in [2.05, 4.69) is 9.97 Å². The van der Waals surface area contributed by atoms with Gasteiger partial charge >= 0.3 is 0 Å². The molecule has 1 rings (SSSR count). The van der Waals surface area contributed by atoms with Crippen molar-refractivity contribution >= 4 is 45.8 Å². The SMILES string of the molecule is FC(I)c1ncnc(Cl)c1Cl. The maximum atomic E-state index is 12.6. The molecule has 0 aliphatic heterocycles. The van der Waals surface area contributed by atoms with Crippen LogP contribution >= 0.6 is 45.8 Å². The smallest absolute Gasteiger partial charge is 0.194 e. The number of alkyl halides is 2. The van der Waals surface area contributed by atoms with Crippen molar-refractivity contribution in [2.24, 2.45) is 0 Å². The summed E-state index contributed by atoms with van der Waals surface area (Å²) in [6, 6.07) is 0. The highest BCUT2D eigenvalue weighted by Gasteiger charge is 2.13. The van der Waals surface area contributed by atoms with Gasteiger partial charge < -0.3 is 0 Å². The summed E-state index contributed by atoms with van der Waals surface area (Å²) in [6.45, 7) is 0. The van der Waals surface area contributed by atoms with Gasteiger partial charge in [-0.15, -0.1) is 0 Å². The lowest BCUT2D eigenvalue weighted by atomic mass is 10.4. The number of hydrogen-bond acceptors (Lipinski definition) is 2. The normalized spacial score (nSPS) is 13.1. The van der Waals surface area contributed by atoms with Crippen molar-refractivity contribution in [2.45, 2.75) is 4.18 Å². The average molecular weight is 307 g/mol. The van der Waals surface area contributed by atoms with Crippen molar-refractivity contribution in [3.05, 3.63) is 22.2 Å². The molecule has 0 aliphatic carbocycles. The van der Waals surface area contributed by atoms with Crippen LogP contribution < -0.4 is 0 Å². The van der Waals surface area contributed by atoms with Crippen LogP contribution in [0.1, 0.15) is 9.87 Å². The van der Waals surface area contributed by atoms with Gasteiger partial charge in [-0.3, -0.25) is 0 Å². The maximum absolute atomic E-state index is 12.6. The van der Waals surface area contributed by atoms with Gasteiger partial charge in [-0.1, -0.05) is 23.2 Å². The summed E-state index contributed by atoms with van der Waals surface area (Å²) in [4.78, 5) is 7.20. The maximum Gasteiger partial charge on any atom is 0.194 e. The Morgan fingerprint density at radius 3 is 2.55 bits per heavy atom. The van der Waals surface area contributed by atoms with E-state index in [1.165, 1.54) is 6.33 Å². The van der Waals surface area contributed by atoms with Gasteiger partial charge in [-0.25, -0.2) is 14.4 Å². The Bertz CT molecular complexity index is 269. The highest BCUT2D eigenvalue weighted by Crippen LogP contribution is 2.31. The summed E-state index contributed by atoms with van der Waals surface area (Å²) in [7, 11) is 0. The third-order valence-electron chi connectivity index (χ3n) is 0.981. The van der Waals surface area contributed by atoms with Gasteiger partial charge in [-0.2, -0.15) is 0 Å². The largest absolute Gasteiger partial charge is 0.236 e. The van der Waals surface area contributed by atoms with Crippen LogP contribution in [-0.2, 0) is 0 Å². The van der Waals surface area contributed by atoms with Crippen LogP contribution in [0.15, 0.2) is 6.33 Å². The molecular formula is C5H2Cl2FIN2. The van der Waals surface area contributed by atoms with E-state index in [1.807, 2.05) is 0 Å². The Kier molecular flexibility index (Phi) is 3.27. The standard InChI is InChI=1S/C5H2Cl2FIN2/c6-2-3(5(8)9)10-1-11-4(2)7/h1,5H.